The van der Waals surface area contributed by atoms with E-state index in [1.807, 2.05) is 0 Å². The zero-order chi connectivity index (χ0) is 10.8. The van der Waals surface area contributed by atoms with Crippen LogP contribution in [0.1, 0.15) is 0 Å². The van der Waals surface area contributed by atoms with Crippen LogP contribution in [0.4, 0.5) is 0 Å². The van der Waals surface area contributed by atoms with Crippen LogP contribution in [0.3, 0.4) is 0 Å². The van der Waals surface area contributed by atoms with E-state index in [2.05, 4.69) is 47.8 Å². The van der Waals surface area contributed by atoms with Crippen LogP contribution >= 0.6 is 23.6 Å². The predicted octanol–water partition coefficient (Wildman–Crippen LogP) is 2.99. The quantitative estimate of drug-likeness (QED) is 0.760. The molecule has 0 radical (unpaired) electrons. The highest BCUT2D eigenvalue weighted by Gasteiger charge is 2.03. The van der Waals surface area contributed by atoms with Gasteiger partial charge in [-0.3, -0.25) is 0 Å². The third-order valence-corrected chi connectivity index (χ3v) is 3.78. The Morgan fingerprint density at radius 1 is 1.33 bits per heavy atom. The van der Waals surface area contributed by atoms with E-state index in [0.29, 0.717) is 0 Å². The maximum atomic E-state index is 5.37. The second-order valence-corrected chi connectivity index (χ2v) is 5.47. The zero-order valence-electron chi connectivity index (χ0n) is 8.93. The van der Waals surface area contributed by atoms with E-state index in [4.69, 9.17) is 12.2 Å². The first-order valence-corrected chi connectivity index (χ1v) is 6.14. The van der Waals surface area contributed by atoms with Crippen molar-refractivity contribution in [2.75, 3.05) is 20.6 Å². The third-order valence-electron chi connectivity index (χ3n) is 2.34. The largest absolute Gasteiger partial charge is 0.322 e. The van der Waals surface area contributed by atoms with Gasteiger partial charge >= 0.3 is 0 Å². The molecule has 0 N–H and O–H groups in total. The van der Waals surface area contributed by atoms with E-state index < -0.39 is 0 Å². The fraction of sp³-hybridized carbons (Fsp3) is 0.364. The molecule has 0 aliphatic carbocycles. The number of thiazole rings is 1. The second-order valence-electron chi connectivity index (χ2n) is 3.79. The Labute approximate surface area is 98.8 Å². The monoisotopic (exact) mass is 238 g/mol. The second kappa shape index (κ2) is 4.43. The molecule has 1 aromatic heterocycles. The van der Waals surface area contributed by atoms with Crippen molar-refractivity contribution < 1.29 is 0 Å². The number of hydrogen-bond donors (Lipinski definition) is 0. The zero-order valence-corrected chi connectivity index (χ0v) is 10.6. The summed E-state index contributed by atoms with van der Waals surface area (Å²) in [7, 11) is 4.16. The minimum Gasteiger partial charge on any atom is -0.322 e. The van der Waals surface area contributed by atoms with Crippen molar-refractivity contribution in [1.29, 1.82) is 0 Å². The Morgan fingerprint density at radius 2 is 2.07 bits per heavy atom. The van der Waals surface area contributed by atoms with E-state index in [1.165, 1.54) is 10.2 Å². The van der Waals surface area contributed by atoms with E-state index in [0.717, 1.165) is 17.0 Å². The number of hydrogen-bond acceptors (Lipinski definition) is 3. The van der Waals surface area contributed by atoms with Gasteiger partial charge < -0.3 is 9.47 Å². The van der Waals surface area contributed by atoms with Gasteiger partial charge in [-0.2, -0.15) is 0 Å². The smallest absolute Gasteiger partial charge is 0.162 e. The predicted molar refractivity (Wildman–Crippen MR) is 69.2 cm³/mol. The lowest BCUT2D eigenvalue weighted by Gasteiger charge is -2.10. The molecule has 15 heavy (non-hydrogen) atoms. The van der Waals surface area contributed by atoms with Crippen LogP contribution in [0.5, 0.6) is 0 Å². The van der Waals surface area contributed by atoms with Gasteiger partial charge in [-0.25, -0.2) is 0 Å². The molecule has 0 spiro atoms. The highest BCUT2D eigenvalue weighted by Crippen LogP contribution is 2.22. The number of likely N-dealkylation sites (N-methyl/N-ethyl adjacent to an activating group) is 1. The fourth-order valence-electron chi connectivity index (χ4n) is 1.53. The Bertz CT molecular complexity index is 511. The van der Waals surface area contributed by atoms with E-state index >= 15 is 0 Å². The van der Waals surface area contributed by atoms with Crippen molar-refractivity contribution in [2.24, 2.45) is 0 Å². The molecular weight excluding hydrogens is 224 g/mol. The number of rotatable bonds is 3. The van der Waals surface area contributed by atoms with Crippen LogP contribution in [0.2, 0.25) is 0 Å². The Morgan fingerprint density at radius 3 is 2.80 bits per heavy atom. The minimum atomic E-state index is 0.968. The summed E-state index contributed by atoms with van der Waals surface area (Å²) in [5, 5.41) is 0. The van der Waals surface area contributed by atoms with Crippen molar-refractivity contribution in [3.63, 3.8) is 0 Å². The average molecular weight is 238 g/mol. The summed E-state index contributed by atoms with van der Waals surface area (Å²) in [6.45, 7) is 1.99. The molecular formula is C11H14N2S2. The Hall–Kier alpha value is -0.710. The van der Waals surface area contributed by atoms with Crippen molar-refractivity contribution >= 4 is 33.8 Å². The number of aromatic nitrogens is 1. The lowest BCUT2D eigenvalue weighted by Crippen LogP contribution is -2.18. The summed E-state index contributed by atoms with van der Waals surface area (Å²) in [5.74, 6) is 0. The molecule has 80 valence electrons. The van der Waals surface area contributed by atoms with Gasteiger partial charge in [0.1, 0.15) is 0 Å². The average Bonchev–Trinajstić information content (AvgIpc) is 2.50. The van der Waals surface area contributed by atoms with Crippen molar-refractivity contribution in [3.8, 4) is 0 Å². The van der Waals surface area contributed by atoms with Gasteiger partial charge in [0, 0.05) is 13.1 Å². The van der Waals surface area contributed by atoms with E-state index in [1.54, 1.807) is 11.3 Å². The molecule has 0 saturated heterocycles. The van der Waals surface area contributed by atoms with Gasteiger partial charge in [-0.05, 0) is 38.4 Å². The van der Waals surface area contributed by atoms with Crippen LogP contribution in [-0.2, 0) is 6.54 Å². The number of fused-ring (bicyclic) bond motifs is 1. The summed E-state index contributed by atoms with van der Waals surface area (Å²) in [6, 6.07) is 8.39. The van der Waals surface area contributed by atoms with Crippen LogP contribution in [0.25, 0.3) is 10.2 Å². The first kappa shape index (κ1) is 10.8. The Kier molecular flexibility index (Phi) is 3.19. The van der Waals surface area contributed by atoms with Crippen LogP contribution in [0, 0.1) is 3.95 Å². The highest BCUT2D eigenvalue weighted by molar-refractivity contribution is 7.73. The molecule has 0 saturated carbocycles. The lowest BCUT2D eigenvalue weighted by molar-refractivity contribution is 0.386. The SMILES string of the molecule is CN(C)CCn1c(=S)sc2ccccc21. The molecule has 0 unspecified atom stereocenters. The summed E-state index contributed by atoms with van der Waals surface area (Å²) in [6.07, 6.45) is 0. The third kappa shape index (κ3) is 2.27. The molecule has 0 aliphatic heterocycles. The molecule has 0 amide bonds. The van der Waals surface area contributed by atoms with Gasteiger partial charge in [-0.15, -0.1) is 11.3 Å². The van der Waals surface area contributed by atoms with Crippen molar-refractivity contribution in [2.45, 2.75) is 6.54 Å². The van der Waals surface area contributed by atoms with Gasteiger partial charge in [0.25, 0.3) is 0 Å². The number of nitrogens with zero attached hydrogens (tertiary/aromatic N) is 2. The van der Waals surface area contributed by atoms with E-state index in [-0.39, 0.29) is 0 Å². The van der Waals surface area contributed by atoms with Crippen molar-refractivity contribution in [1.82, 2.24) is 9.47 Å². The molecule has 2 nitrogen and oxygen atoms in total. The first-order valence-electron chi connectivity index (χ1n) is 4.91. The normalized spacial score (nSPS) is 11.4. The highest BCUT2D eigenvalue weighted by atomic mass is 32.1. The van der Waals surface area contributed by atoms with Crippen LogP contribution < -0.4 is 0 Å². The molecule has 0 fully saturated rings. The van der Waals surface area contributed by atoms with Crippen molar-refractivity contribution in [3.05, 3.63) is 28.2 Å². The molecule has 1 heterocycles. The molecule has 0 aliphatic rings. The van der Waals surface area contributed by atoms with Gasteiger partial charge in [0.2, 0.25) is 0 Å². The maximum absolute atomic E-state index is 5.37. The molecule has 0 atom stereocenters. The van der Waals surface area contributed by atoms with Gasteiger partial charge in [0.15, 0.2) is 3.95 Å². The molecule has 4 heteroatoms. The van der Waals surface area contributed by atoms with Gasteiger partial charge in [-0.1, -0.05) is 12.1 Å². The fourth-order valence-corrected chi connectivity index (χ4v) is 2.90. The van der Waals surface area contributed by atoms with Gasteiger partial charge in [0.05, 0.1) is 10.2 Å². The maximum Gasteiger partial charge on any atom is 0.162 e. The summed E-state index contributed by atoms with van der Waals surface area (Å²) in [4.78, 5) is 2.17. The Balaban J connectivity index is 2.41. The summed E-state index contributed by atoms with van der Waals surface area (Å²) in [5.41, 5.74) is 1.26. The lowest BCUT2D eigenvalue weighted by atomic mass is 10.3. The standard InChI is InChI=1S/C11H14N2S2/c1-12(2)7-8-13-9-5-3-4-6-10(9)15-11(13)14/h3-6H,7-8H2,1-2H3. The molecule has 0 bridgehead atoms. The summed E-state index contributed by atoms with van der Waals surface area (Å²) < 4.78 is 4.47. The topological polar surface area (TPSA) is 8.17 Å². The number of benzene rings is 1. The summed E-state index contributed by atoms with van der Waals surface area (Å²) >= 11 is 7.06. The minimum absolute atomic E-state index is 0.968. The first-order chi connectivity index (χ1) is 7.18. The molecule has 2 aromatic rings. The molecule has 1 aromatic carbocycles. The van der Waals surface area contributed by atoms with E-state index in [9.17, 15) is 0 Å². The number of para-hydroxylation sites is 1. The van der Waals surface area contributed by atoms with Crippen LogP contribution in [0.15, 0.2) is 24.3 Å². The van der Waals surface area contributed by atoms with Crippen LogP contribution in [-0.4, -0.2) is 30.1 Å². The molecule has 2 rings (SSSR count).